The smallest absolute Gasteiger partial charge is 0.310 e. The molecule has 35 heavy (non-hydrogen) atoms. The first-order chi connectivity index (χ1) is 17.0. The summed E-state index contributed by atoms with van der Waals surface area (Å²) >= 11 is 0. The molecule has 0 amide bonds. The van der Waals surface area contributed by atoms with E-state index in [-0.39, 0.29) is 17.7 Å². The van der Waals surface area contributed by atoms with Gasteiger partial charge in [-0.1, -0.05) is 42.5 Å². The van der Waals surface area contributed by atoms with Crippen molar-refractivity contribution < 1.29 is 13.9 Å². The highest BCUT2D eigenvalue weighted by molar-refractivity contribution is 5.99. The van der Waals surface area contributed by atoms with Crippen LogP contribution in [0.5, 0.6) is 0 Å². The lowest BCUT2D eigenvalue weighted by Gasteiger charge is -2.31. The first-order valence-electron chi connectivity index (χ1n) is 11.8. The van der Waals surface area contributed by atoms with E-state index in [2.05, 4.69) is 5.10 Å². The van der Waals surface area contributed by atoms with E-state index in [0.29, 0.717) is 60.3 Å². The first-order valence-corrected chi connectivity index (χ1v) is 11.8. The third-order valence-corrected chi connectivity index (χ3v) is 6.23. The van der Waals surface area contributed by atoms with Crippen molar-refractivity contribution in [2.24, 2.45) is 5.92 Å². The van der Waals surface area contributed by atoms with Crippen LogP contribution < -0.4 is 10.6 Å². The van der Waals surface area contributed by atoms with Gasteiger partial charge in [0.2, 0.25) is 5.95 Å². The zero-order chi connectivity index (χ0) is 24.4. The van der Waals surface area contributed by atoms with Gasteiger partial charge in [0, 0.05) is 18.7 Å². The van der Waals surface area contributed by atoms with E-state index in [9.17, 15) is 9.18 Å². The van der Waals surface area contributed by atoms with Crippen LogP contribution in [0.3, 0.4) is 0 Å². The Morgan fingerprint density at radius 2 is 2.00 bits per heavy atom. The number of carbonyl (C=O) groups is 1. The molecular formula is C26H27FN6O2. The molecule has 1 aliphatic rings. The van der Waals surface area contributed by atoms with Gasteiger partial charge in [-0.15, -0.1) is 5.10 Å². The van der Waals surface area contributed by atoms with E-state index in [1.165, 1.54) is 12.1 Å². The number of esters is 1. The van der Waals surface area contributed by atoms with Crippen molar-refractivity contribution in [1.82, 2.24) is 19.7 Å². The highest BCUT2D eigenvalue weighted by Crippen LogP contribution is 2.33. The molecule has 180 valence electrons. The normalized spacial score (nSPS) is 15.9. The van der Waals surface area contributed by atoms with Gasteiger partial charge in [0.05, 0.1) is 30.1 Å². The summed E-state index contributed by atoms with van der Waals surface area (Å²) < 4.78 is 21.1. The van der Waals surface area contributed by atoms with E-state index >= 15 is 0 Å². The molecule has 5 rings (SSSR count). The number of carbonyl (C=O) groups excluding carboxylic acids is 1. The summed E-state index contributed by atoms with van der Waals surface area (Å²) in [6.45, 7) is 3.77. The second kappa shape index (κ2) is 9.69. The Bertz CT molecular complexity index is 1360. The zero-order valence-electron chi connectivity index (χ0n) is 19.5. The number of hydrogen-bond acceptors (Lipinski definition) is 7. The Hall–Kier alpha value is -4.01. The Morgan fingerprint density at radius 1 is 1.17 bits per heavy atom. The molecule has 0 aliphatic carbocycles. The number of anilines is 2. The zero-order valence-corrected chi connectivity index (χ0v) is 19.5. The average molecular weight is 475 g/mol. The molecule has 3 heterocycles. The number of nitrogen functional groups attached to an aromatic ring is 1. The van der Waals surface area contributed by atoms with Crippen molar-refractivity contribution in [2.75, 3.05) is 30.3 Å². The Balaban J connectivity index is 1.60. The van der Waals surface area contributed by atoms with Crippen LogP contribution in [0.25, 0.3) is 22.3 Å². The first kappa shape index (κ1) is 22.8. The molecule has 1 aliphatic heterocycles. The minimum atomic E-state index is -0.369. The van der Waals surface area contributed by atoms with Crippen LogP contribution in [0.15, 0.2) is 54.6 Å². The molecule has 1 saturated heterocycles. The second-order valence-electron chi connectivity index (χ2n) is 8.65. The molecule has 1 unspecified atom stereocenters. The fourth-order valence-corrected chi connectivity index (χ4v) is 4.52. The molecule has 0 bridgehead atoms. The van der Waals surface area contributed by atoms with E-state index in [0.717, 1.165) is 18.4 Å². The van der Waals surface area contributed by atoms with Crippen molar-refractivity contribution in [3.8, 4) is 11.3 Å². The molecule has 1 fully saturated rings. The van der Waals surface area contributed by atoms with Crippen LogP contribution in [0, 0.1) is 11.7 Å². The molecule has 1 atom stereocenters. The van der Waals surface area contributed by atoms with Crippen molar-refractivity contribution in [3.05, 3.63) is 66.0 Å². The number of nitrogens with zero attached hydrogens (tertiary/aromatic N) is 5. The van der Waals surface area contributed by atoms with Crippen LogP contribution in [0.4, 0.5) is 16.2 Å². The Labute approximate surface area is 202 Å². The SMILES string of the molecule is CCOC(=O)C1CCCN(c2nc(-c3cccc(F)c3)c3c(N)n(Cc4ccccc4)nc3n2)C1. The van der Waals surface area contributed by atoms with Gasteiger partial charge >= 0.3 is 5.97 Å². The van der Waals surface area contributed by atoms with Gasteiger partial charge in [0.25, 0.3) is 0 Å². The summed E-state index contributed by atoms with van der Waals surface area (Å²) in [4.78, 5) is 23.9. The van der Waals surface area contributed by atoms with Crippen LogP contribution >= 0.6 is 0 Å². The van der Waals surface area contributed by atoms with Gasteiger partial charge in [0.15, 0.2) is 5.65 Å². The molecular weight excluding hydrogens is 447 g/mol. The van der Waals surface area contributed by atoms with Crippen LogP contribution in [-0.4, -0.2) is 45.4 Å². The molecule has 2 aromatic carbocycles. The highest BCUT2D eigenvalue weighted by atomic mass is 19.1. The van der Waals surface area contributed by atoms with Gasteiger partial charge in [-0.3, -0.25) is 4.79 Å². The number of halogens is 1. The maximum Gasteiger partial charge on any atom is 0.310 e. The molecule has 2 aromatic heterocycles. The van der Waals surface area contributed by atoms with Crippen LogP contribution in [0.1, 0.15) is 25.3 Å². The predicted octanol–water partition coefficient (Wildman–Crippen LogP) is 4.04. The fourth-order valence-electron chi connectivity index (χ4n) is 4.52. The maximum atomic E-state index is 14.2. The number of rotatable bonds is 6. The van der Waals surface area contributed by atoms with Crippen LogP contribution in [-0.2, 0) is 16.1 Å². The number of aromatic nitrogens is 4. The maximum absolute atomic E-state index is 14.2. The summed E-state index contributed by atoms with van der Waals surface area (Å²) in [5.74, 6) is 0.0283. The highest BCUT2D eigenvalue weighted by Gasteiger charge is 2.29. The number of benzene rings is 2. The van der Waals surface area contributed by atoms with Crippen molar-refractivity contribution >= 4 is 28.8 Å². The molecule has 4 aromatic rings. The summed E-state index contributed by atoms with van der Waals surface area (Å²) in [5.41, 5.74) is 9.11. The second-order valence-corrected chi connectivity index (χ2v) is 8.65. The third-order valence-electron chi connectivity index (χ3n) is 6.23. The molecule has 0 saturated carbocycles. The van der Waals surface area contributed by atoms with E-state index in [4.69, 9.17) is 20.4 Å². The van der Waals surface area contributed by atoms with Crippen molar-refractivity contribution in [3.63, 3.8) is 0 Å². The van der Waals surface area contributed by atoms with Gasteiger partial charge in [-0.2, -0.15) is 4.98 Å². The summed E-state index contributed by atoms with van der Waals surface area (Å²) in [5, 5.41) is 5.26. The molecule has 8 nitrogen and oxygen atoms in total. The third kappa shape index (κ3) is 4.66. The van der Waals surface area contributed by atoms with E-state index in [1.54, 1.807) is 23.7 Å². The standard InChI is InChI=1S/C26H27FN6O2/c1-2-35-25(34)19-11-7-13-32(16-19)26-29-22(18-10-6-12-20(27)14-18)21-23(28)33(31-24(21)30-26)15-17-8-4-3-5-9-17/h3-6,8-10,12,14,19H,2,7,11,13,15-16,28H2,1H3. The van der Waals surface area contributed by atoms with E-state index in [1.807, 2.05) is 35.2 Å². The Morgan fingerprint density at radius 3 is 2.77 bits per heavy atom. The monoisotopic (exact) mass is 474 g/mol. The Kier molecular flexibility index (Phi) is 6.31. The number of ether oxygens (including phenoxy) is 1. The molecule has 9 heteroatoms. The van der Waals surface area contributed by atoms with Gasteiger partial charge in [0.1, 0.15) is 11.6 Å². The fraction of sp³-hybridized carbons (Fsp3) is 0.308. The van der Waals surface area contributed by atoms with Crippen LogP contribution in [0.2, 0.25) is 0 Å². The lowest BCUT2D eigenvalue weighted by molar-refractivity contribution is -0.148. The summed E-state index contributed by atoms with van der Waals surface area (Å²) in [6.07, 6.45) is 1.57. The predicted molar refractivity (Wildman–Crippen MR) is 132 cm³/mol. The summed E-state index contributed by atoms with van der Waals surface area (Å²) in [6, 6.07) is 16.1. The minimum Gasteiger partial charge on any atom is -0.466 e. The quantitative estimate of drug-likeness (QED) is 0.421. The van der Waals surface area contributed by atoms with Gasteiger partial charge < -0.3 is 15.4 Å². The lowest BCUT2D eigenvalue weighted by Crippen LogP contribution is -2.40. The number of piperidine rings is 1. The molecule has 2 N–H and O–H groups in total. The van der Waals surface area contributed by atoms with Gasteiger partial charge in [-0.25, -0.2) is 14.1 Å². The topological polar surface area (TPSA) is 99.2 Å². The number of hydrogen-bond donors (Lipinski definition) is 1. The molecule has 0 radical (unpaired) electrons. The lowest BCUT2D eigenvalue weighted by atomic mass is 9.98. The molecule has 0 spiro atoms. The van der Waals surface area contributed by atoms with Crippen molar-refractivity contribution in [2.45, 2.75) is 26.3 Å². The van der Waals surface area contributed by atoms with Crippen molar-refractivity contribution in [1.29, 1.82) is 0 Å². The minimum absolute atomic E-state index is 0.208. The van der Waals surface area contributed by atoms with Gasteiger partial charge in [-0.05, 0) is 37.5 Å². The summed E-state index contributed by atoms with van der Waals surface area (Å²) in [7, 11) is 0. The average Bonchev–Trinajstić information content (AvgIpc) is 3.19. The van der Waals surface area contributed by atoms with E-state index < -0.39 is 0 Å². The number of fused-ring (bicyclic) bond motifs is 1. The largest absolute Gasteiger partial charge is 0.466 e. The number of nitrogens with two attached hydrogens (primary N) is 1.